The van der Waals surface area contributed by atoms with Crippen molar-refractivity contribution in [3.63, 3.8) is 0 Å². The summed E-state index contributed by atoms with van der Waals surface area (Å²) >= 11 is 17.0. The van der Waals surface area contributed by atoms with Gasteiger partial charge in [-0.1, -0.05) is 23.2 Å². The predicted molar refractivity (Wildman–Crippen MR) is 78.4 cm³/mol. The van der Waals surface area contributed by atoms with Crippen molar-refractivity contribution in [1.29, 1.82) is 0 Å². The molecule has 0 aromatic heterocycles. The highest BCUT2D eigenvalue weighted by molar-refractivity contribution is 7.80. The zero-order valence-electron chi connectivity index (χ0n) is 9.81. The maximum atomic E-state index is 6.02. The number of benzene rings is 1. The first-order valence-electron chi connectivity index (χ1n) is 5.28. The van der Waals surface area contributed by atoms with Gasteiger partial charge in [-0.2, -0.15) is 0 Å². The molecular formula is C11H16Cl2N3S+. The Morgan fingerprint density at radius 3 is 2.65 bits per heavy atom. The van der Waals surface area contributed by atoms with Crippen molar-refractivity contribution >= 4 is 46.2 Å². The first-order chi connectivity index (χ1) is 7.99. The van der Waals surface area contributed by atoms with E-state index >= 15 is 0 Å². The Morgan fingerprint density at radius 1 is 1.35 bits per heavy atom. The van der Waals surface area contributed by atoms with E-state index in [1.54, 1.807) is 18.2 Å². The van der Waals surface area contributed by atoms with E-state index in [1.807, 2.05) is 0 Å². The molecule has 1 aromatic rings. The lowest BCUT2D eigenvalue weighted by atomic mass is 10.3. The smallest absolute Gasteiger partial charge is 0.171 e. The summed E-state index contributed by atoms with van der Waals surface area (Å²) in [6, 6.07) is 5.25. The quantitative estimate of drug-likeness (QED) is 0.733. The summed E-state index contributed by atoms with van der Waals surface area (Å²) in [7, 11) is 4.18. The minimum atomic E-state index is 0.555. The summed E-state index contributed by atoms with van der Waals surface area (Å²) in [6.45, 7) is 1.82. The number of rotatable bonds is 4. The molecule has 0 heterocycles. The Morgan fingerprint density at radius 2 is 2.06 bits per heavy atom. The standard InChI is InChI=1S/C11H15Cl2N3S/c1-16(2)6-5-14-11(17)15-10-4-3-8(12)7-9(10)13/h3-4,7H,5-6H2,1-2H3,(H2,14,15,17)/p+1. The van der Waals surface area contributed by atoms with Gasteiger partial charge in [-0.3, -0.25) is 0 Å². The number of hydrogen-bond acceptors (Lipinski definition) is 1. The van der Waals surface area contributed by atoms with Gasteiger partial charge in [0.1, 0.15) is 0 Å². The van der Waals surface area contributed by atoms with Crippen LogP contribution in [0.5, 0.6) is 0 Å². The van der Waals surface area contributed by atoms with Crippen LogP contribution >= 0.6 is 35.4 Å². The number of halogens is 2. The van der Waals surface area contributed by atoms with Crippen LogP contribution in [0.1, 0.15) is 0 Å². The molecule has 0 fully saturated rings. The summed E-state index contributed by atoms with van der Waals surface area (Å²) in [5.74, 6) is 0. The molecule has 0 aliphatic heterocycles. The SMILES string of the molecule is C[NH+](C)CCNC(=S)Nc1ccc(Cl)cc1Cl. The van der Waals surface area contributed by atoms with Crippen molar-refractivity contribution in [3.05, 3.63) is 28.2 Å². The van der Waals surface area contributed by atoms with Gasteiger partial charge < -0.3 is 15.5 Å². The molecule has 0 saturated heterocycles. The zero-order valence-corrected chi connectivity index (χ0v) is 12.1. The molecule has 6 heteroatoms. The molecule has 0 aliphatic carbocycles. The van der Waals surface area contributed by atoms with E-state index in [-0.39, 0.29) is 0 Å². The first-order valence-corrected chi connectivity index (χ1v) is 6.44. The van der Waals surface area contributed by atoms with Crippen molar-refractivity contribution in [3.8, 4) is 0 Å². The van der Waals surface area contributed by atoms with E-state index in [1.165, 1.54) is 4.90 Å². The number of hydrogen-bond donors (Lipinski definition) is 3. The van der Waals surface area contributed by atoms with Gasteiger partial charge in [0.25, 0.3) is 0 Å². The van der Waals surface area contributed by atoms with Crippen LogP contribution in [-0.2, 0) is 0 Å². The van der Waals surface area contributed by atoms with Crippen molar-refractivity contribution in [1.82, 2.24) is 5.32 Å². The molecule has 0 unspecified atom stereocenters. The van der Waals surface area contributed by atoms with Gasteiger partial charge in [0, 0.05) is 5.02 Å². The summed E-state index contributed by atoms with van der Waals surface area (Å²) in [5, 5.41) is 7.87. The number of likely N-dealkylation sites (N-methyl/N-ethyl adjacent to an activating group) is 1. The Balaban J connectivity index is 2.45. The van der Waals surface area contributed by atoms with Gasteiger partial charge >= 0.3 is 0 Å². The van der Waals surface area contributed by atoms with E-state index < -0.39 is 0 Å². The molecule has 0 saturated carbocycles. The summed E-state index contributed by atoms with van der Waals surface area (Å²) in [4.78, 5) is 1.37. The number of quaternary nitrogens is 1. The number of nitrogens with one attached hydrogen (secondary N) is 3. The fourth-order valence-electron chi connectivity index (χ4n) is 1.18. The fraction of sp³-hybridized carbons (Fsp3) is 0.364. The molecule has 94 valence electrons. The lowest BCUT2D eigenvalue weighted by molar-refractivity contribution is -0.856. The van der Waals surface area contributed by atoms with E-state index in [0.29, 0.717) is 15.2 Å². The van der Waals surface area contributed by atoms with Crippen molar-refractivity contribution in [2.45, 2.75) is 0 Å². The van der Waals surface area contributed by atoms with Crippen LogP contribution in [0, 0.1) is 0 Å². The molecule has 17 heavy (non-hydrogen) atoms. The Kier molecular flexibility index (Phi) is 5.98. The third-order valence-corrected chi connectivity index (χ3v) is 2.88. The van der Waals surface area contributed by atoms with Gasteiger partial charge in [0.15, 0.2) is 5.11 Å². The van der Waals surface area contributed by atoms with E-state index in [0.717, 1.165) is 18.8 Å². The third kappa shape index (κ3) is 5.55. The first kappa shape index (κ1) is 14.5. The molecule has 0 amide bonds. The summed E-state index contributed by atoms with van der Waals surface area (Å²) in [6.07, 6.45) is 0. The highest BCUT2D eigenvalue weighted by atomic mass is 35.5. The zero-order chi connectivity index (χ0) is 12.8. The van der Waals surface area contributed by atoms with Gasteiger partial charge in [-0.15, -0.1) is 0 Å². The number of anilines is 1. The van der Waals surface area contributed by atoms with Gasteiger partial charge in [0.05, 0.1) is 37.9 Å². The molecule has 0 spiro atoms. The second kappa shape index (κ2) is 7.01. The third-order valence-electron chi connectivity index (χ3n) is 2.09. The van der Waals surface area contributed by atoms with Crippen LogP contribution in [0.2, 0.25) is 10.0 Å². The molecule has 3 nitrogen and oxygen atoms in total. The van der Waals surface area contributed by atoms with E-state index in [4.69, 9.17) is 35.4 Å². The molecule has 0 aliphatic rings. The average molecular weight is 293 g/mol. The van der Waals surface area contributed by atoms with Crippen molar-refractivity contribution in [2.75, 3.05) is 32.5 Å². The fourth-order valence-corrected chi connectivity index (χ4v) is 1.85. The Hall–Kier alpha value is -0.550. The van der Waals surface area contributed by atoms with Crippen LogP contribution in [0.4, 0.5) is 5.69 Å². The minimum Gasteiger partial charge on any atom is -0.357 e. The Labute approximate surface area is 117 Å². The van der Waals surface area contributed by atoms with Crippen LogP contribution in [0.3, 0.4) is 0 Å². The lowest BCUT2D eigenvalue weighted by Gasteiger charge is -2.13. The van der Waals surface area contributed by atoms with Crippen LogP contribution in [-0.4, -0.2) is 32.3 Å². The largest absolute Gasteiger partial charge is 0.357 e. The highest BCUT2D eigenvalue weighted by Gasteiger charge is 2.03. The molecule has 0 atom stereocenters. The second-order valence-corrected chi connectivity index (χ2v) is 5.21. The molecule has 0 bridgehead atoms. The Bertz CT molecular complexity index is 396. The number of thiocarbonyl (C=S) groups is 1. The molecule has 3 N–H and O–H groups in total. The molecular weight excluding hydrogens is 277 g/mol. The van der Waals surface area contributed by atoms with Gasteiger partial charge in [0.2, 0.25) is 0 Å². The lowest BCUT2D eigenvalue weighted by Crippen LogP contribution is -3.06. The summed E-state index contributed by atoms with van der Waals surface area (Å²) < 4.78 is 0. The molecule has 1 rings (SSSR count). The maximum absolute atomic E-state index is 6.02. The van der Waals surface area contributed by atoms with Crippen LogP contribution in [0.25, 0.3) is 0 Å². The van der Waals surface area contributed by atoms with Gasteiger partial charge in [-0.05, 0) is 30.4 Å². The van der Waals surface area contributed by atoms with Crippen LogP contribution in [0.15, 0.2) is 18.2 Å². The van der Waals surface area contributed by atoms with E-state index in [2.05, 4.69) is 24.7 Å². The van der Waals surface area contributed by atoms with Crippen LogP contribution < -0.4 is 15.5 Å². The monoisotopic (exact) mass is 292 g/mol. The minimum absolute atomic E-state index is 0.555. The van der Waals surface area contributed by atoms with Crippen molar-refractivity contribution in [2.24, 2.45) is 0 Å². The maximum Gasteiger partial charge on any atom is 0.171 e. The predicted octanol–water partition coefficient (Wildman–Crippen LogP) is 1.42. The average Bonchev–Trinajstić information content (AvgIpc) is 2.21. The van der Waals surface area contributed by atoms with Gasteiger partial charge in [-0.25, -0.2) is 0 Å². The van der Waals surface area contributed by atoms with E-state index in [9.17, 15) is 0 Å². The second-order valence-electron chi connectivity index (χ2n) is 3.96. The topological polar surface area (TPSA) is 28.5 Å². The highest BCUT2D eigenvalue weighted by Crippen LogP contribution is 2.25. The van der Waals surface area contributed by atoms with Crippen molar-refractivity contribution < 1.29 is 4.90 Å². The summed E-state index contributed by atoms with van der Waals surface area (Å²) in [5.41, 5.74) is 0.755. The molecule has 0 radical (unpaired) electrons. The normalized spacial score (nSPS) is 10.4. The molecule has 1 aromatic carbocycles.